The van der Waals surface area contributed by atoms with Crippen molar-refractivity contribution in [1.29, 1.82) is 0 Å². The zero-order valence-corrected chi connectivity index (χ0v) is 26.7. The number of rotatable bonds is 9. The molecule has 3 saturated carbocycles. The third-order valence-electron chi connectivity index (χ3n) is 11.1. The van der Waals surface area contributed by atoms with Crippen LogP contribution in [0.15, 0.2) is 6.07 Å². The van der Waals surface area contributed by atoms with Gasteiger partial charge in [0.2, 0.25) is 5.91 Å². The Kier molecular flexibility index (Phi) is 8.31. The molecular formula is C33H46N4O7. The normalized spacial score (nSPS) is 31.0. The minimum atomic E-state index is -2.73. The van der Waals surface area contributed by atoms with Gasteiger partial charge in [0.15, 0.2) is 34.7 Å². The highest BCUT2D eigenvalue weighted by Crippen LogP contribution is 2.52. The van der Waals surface area contributed by atoms with Gasteiger partial charge >= 0.3 is 0 Å². The zero-order chi connectivity index (χ0) is 32.5. The van der Waals surface area contributed by atoms with Crippen LogP contribution in [0.25, 0.3) is 0 Å². The molecule has 4 N–H and O–H groups in total. The van der Waals surface area contributed by atoms with Crippen LogP contribution in [-0.2, 0) is 32.1 Å². The van der Waals surface area contributed by atoms with Crippen molar-refractivity contribution < 1.29 is 34.2 Å². The van der Waals surface area contributed by atoms with Gasteiger partial charge in [-0.15, -0.1) is 0 Å². The lowest BCUT2D eigenvalue weighted by atomic mass is 9.52. The average molecular weight is 611 g/mol. The van der Waals surface area contributed by atoms with Crippen LogP contribution in [0, 0.1) is 29.1 Å². The van der Waals surface area contributed by atoms with E-state index in [1.165, 1.54) is 24.2 Å². The maximum Gasteiger partial charge on any atom is 0.235 e. The SMILES string of the molecule is CCN(Cc1cc(O)c2c(c1N(C)C)C[C@H]1C[C@H]3[C@H](N(C)C)C(=O)C(C(N)=O)C(=O)[C@@]3(O)C(=O)C1C2=O)CC1(CC)CCC1. The van der Waals surface area contributed by atoms with E-state index in [1.54, 1.807) is 20.2 Å². The number of primary amides is 1. The van der Waals surface area contributed by atoms with Crippen molar-refractivity contribution in [3.63, 3.8) is 0 Å². The summed E-state index contributed by atoms with van der Waals surface area (Å²) in [5.74, 6) is -10.3. The first-order chi connectivity index (χ1) is 20.6. The number of likely N-dealkylation sites (N-methyl/N-ethyl adjacent to an activating group) is 1. The minimum absolute atomic E-state index is 0.0242. The summed E-state index contributed by atoms with van der Waals surface area (Å²) in [6.45, 7) is 6.71. The molecule has 1 aromatic carbocycles. The molecule has 240 valence electrons. The van der Waals surface area contributed by atoms with Crippen molar-refractivity contribution in [2.45, 2.75) is 70.6 Å². The summed E-state index contributed by atoms with van der Waals surface area (Å²) in [5, 5.41) is 23.1. The van der Waals surface area contributed by atoms with E-state index in [0.29, 0.717) is 17.5 Å². The average Bonchev–Trinajstić information content (AvgIpc) is 2.91. The smallest absolute Gasteiger partial charge is 0.235 e. The summed E-state index contributed by atoms with van der Waals surface area (Å²) in [7, 11) is 6.93. The molecule has 2 unspecified atom stereocenters. The lowest BCUT2D eigenvalue weighted by Gasteiger charge is -2.52. The second-order valence-corrected chi connectivity index (χ2v) is 14.0. The summed E-state index contributed by atoms with van der Waals surface area (Å²) in [5.41, 5.74) is 5.32. The predicted molar refractivity (Wildman–Crippen MR) is 163 cm³/mol. The van der Waals surface area contributed by atoms with Gasteiger partial charge in [0.25, 0.3) is 0 Å². The third kappa shape index (κ3) is 4.70. The first-order valence-corrected chi connectivity index (χ1v) is 15.8. The van der Waals surface area contributed by atoms with Gasteiger partial charge in [-0.1, -0.05) is 20.3 Å². The molecule has 1 amide bonds. The number of fused-ring (bicyclic) bond motifs is 3. The number of ketones is 4. The van der Waals surface area contributed by atoms with Gasteiger partial charge in [0.1, 0.15) is 5.75 Å². The highest BCUT2D eigenvalue weighted by Gasteiger charge is 2.69. The fourth-order valence-corrected chi connectivity index (χ4v) is 8.70. The van der Waals surface area contributed by atoms with Crippen LogP contribution >= 0.6 is 0 Å². The Bertz CT molecular complexity index is 1410. The first-order valence-electron chi connectivity index (χ1n) is 15.8. The van der Waals surface area contributed by atoms with Crippen LogP contribution in [-0.4, -0.2) is 102 Å². The van der Waals surface area contributed by atoms with Crippen LogP contribution in [0.5, 0.6) is 5.75 Å². The van der Waals surface area contributed by atoms with Crippen LogP contribution < -0.4 is 10.6 Å². The highest BCUT2D eigenvalue weighted by molar-refractivity contribution is 6.32. The van der Waals surface area contributed by atoms with E-state index in [1.807, 2.05) is 19.0 Å². The maximum atomic E-state index is 14.1. The Morgan fingerprint density at radius 1 is 1.07 bits per heavy atom. The number of hydrogen-bond acceptors (Lipinski definition) is 10. The fraction of sp³-hybridized carbons (Fsp3) is 0.667. The molecule has 3 fully saturated rings. The number of aromatic hydroxyl groups is 1. The Morgan fingerprint density at radius 2 is 1.73 bits per heavy atom. The molecule has 44 heavy (non-hydrogen) atoms. The second kappa shape index (κ2) is 11.3. The van der Waals surface area contributed by atoms with Crippen LogP contribution in [0.2, 0.25) is 0 Å². The van der Waals surface area contributed by atoms with Crippen molar-refractivity contribution in [2.24, 2.45) is 34.8 Å². The first kappa shape index (κ1) is 32.2. The number of amides is 1. The van der Waals surface area contributed by atoms with E-state index in [2.05, 4.69) is 18.7 Å². The van der Waals surface area contributed by atoms with E-state index in [-0.39, 0.29) is 24.2 Å². The van der Waals surface area contributed by atoms with Crippen LogP contribution in [0.3, 0.4) is 0 Å². The van der Waals surface area contributed by atoms with E-state index in [4.69, 9.17) is 5.73 Å². The maximum absolute atomic E-state index is 14.1. The van der Waals surface area contributed by atoms with Gasteiger partial charge in [-0.25, -0.2) is 0 Å². The van der Waals surface area contributed by atoms with Crippen molar-refractivity contribution in [1.82, 2.24) is 9.80 Å². The summed E-state index contributed by atoms with van der Waals surface area (Å²) < 4.78 is 0. The molecule has 0 saturated heterocycles. The quantitative estimate of drug-likeness (QED) is 0.348. The predicted octanol–water partition coefficient (Wildman–Crippen LogP) is 1.34. The largest absolute Gasteiger partial charge is 0.507 e. The van der Waals surface area contributed by atoms with Gasteiger partial charge in [-0.2, -0.15) is 0 Å². The Morgan fingerprint density at radius 3 is 2.23 bits per heavy atom. The van der Waals surface area contributed by atoms with Gasteiger partial charge in [-0.05, 0) is 81.3 Å². The number of phenolic OH excluding ortho intramolecular Hbond substituents is 1. The molecule has 4 aliphatic rings. The number of anilines is 1. The molecule has 4 aliphatic carbocycles. The van der Waals surface area contributed by atoms with Crippen LogP contribution in [0.4, 0.5) is 5.69 Å². The fourth-order valence-electron chi connectivity index (χ4n) is 8.70. The second-order valence-electron chi connectivity index (χ2n) is 14.0. The van der Waals surface area contributed by atoms with Crippen molar-refractivity contribution in [3.05, 3.63) is 22.8 Å². The summed E-state index contributed by atoms with van der Waals surface area (Å²) in [6.07, 6.45) is 5.02. The van der Waals surface area contributed by atoms with E-state index < -0.39 is 64.4 Å². The molecule has 1 aromatic rings. The van der Waals surface area contributed by atoms with Gasteiger partial charge in [-0.3, -0.25) is 33.8 Å². The minimum Gasteiger partial charge on any atom is -0.507 e. The van der Waals surface area contributed by atoms with Crippen LogP contribution in [0.1, 0.15) is 67.4 Å². The molecule has 0 aromatic heterocycles. The van der Waals surface area contributed by atoms with Crippen molar-refractivity contribution >= 4 is 34.7 Å². The number of carbonyl (C=O) groups excluding carboxylic acids is 5. The molecule has 6 atom stereocenters. The molecule has 0 radical (unpaired) electrons. The topological polar surface area (TPSA) is 162 Å². The molecule has 0 bridgehead atoms. The number of benzene rings is 1. The van der Waals surface area contributed by atoms with Crippen molar-refractivity contribution in [3.8, 4) is 5.75 Å². The summed E-state index contributed by atoms with van der Waals surface area (Å²) >= 11 is 0. The number of hydrogen-bond donors (Lipinski definition) is 3. The molecule has 11 heteroatoms. The lowest BCUT2D eigenvalue weighted by molar-refractivity contribution is -0.181. The summed E-state index contributed by atoms with van der Waals surface area (Å²) in [6, 6.07) is 0.481. The summed E-state index contributed by atoms with van der Waals surface area (Å²) in [4.78, 5) is 73.1. The number of nitrogens with zero attached hydrogens (tertiary/aromatic N) is 3. The van der Waals surface area contributed by atoms with E-state index >= 15 is 0 Å². The number of Topliss-reactive ketones (excluding diaryl/α,β-unsaturated/α-hetero) is 4. The Balaban J connectivity index is 1.57. The number of carbonyl (C=O) groups is 5. The van der Waals surface area contributed by atoms with E-state index in [0.717, 1.165) is 30.8 Å². The standard InChI is InChI=1S/C33H46N4O7/c1-7-32(10-9-11-32)16-37(8-2)15-18-14-21(38)23-19(25(18)35(3)4)12-17-13-20-26(36(5)6)28(40)24(31(34)43)30(42)33(20,44)29(41)22(17)27(23)39/h14,17,20,22,24,26,38,44H,7-13,15-16H2,1-6H3,(H2,34,43)/t17-,20-,22?,24?,26-,33-/m0/s1. The molecular weight excluding hydrogens is 564 g/mol. The van der Waals surface area contributed by atoms with Crippen molar-refractivity contribution in [2.75, 3.05) is 46.2 Å². The molecule has 0 heterocycles. The van der Waals surface area contributed by atoms with Gasteiger partial charge in [0.05, 0.1) is 17.5 Å². The molecule has 5 rings (SSSR count). The number of phenols is 1. The molecule has 0 aliphatic heterocycles. The lowest BCUT2D eigenvalue weighted by Crippen LogP contribution is -2.74. The highest BCUT2D eigenvalue weighted by atomic mass is 16.3. The number of nitrogens with two attached hydrogens (primary N) is 1. The molecule has 11 nitrogen and oxygen atoms in total. The van der Waals surface area contributed by atoms with Gasteiger partial charge in [0, 0.05) is 38.8 Å². The zero-order valence-electron chi connectivity index (χ0n) is 26.7. The Labute approximate surface area is 258 Å². The monoisotopic (exact) mass is 610 g/mol. The molecule has 0 spiro atoms. The number of aliphatic hydroxyl groups is 1. The third-order valence-corrected chi connectivity index (χ3v) is 11.1. The van der Waals surface area contributed by atoms with E-state index in [9.17, 15) is 34.2 Å². The van der Waals surface area contributed by atoms with Gasteiger partial charge < -0.3 is 20.8 Å². The Hall–Kier alpha value is -3.15.